The number of nitrogens with two attached hydrogens (primary N) is 1. The van der Waals surface area contributed by atoms with E-state index in [-0.39, 0.29) is 5.97 Å². The molecule has 2 atom stereocenters. The lowest BCUT2D eigenvalue weighted by Crippen LogP contribution is -2.56. The third kappa shape index (κ3) is 2.80. The van der Waals surface area contributed by atoms with Gasteiger partial charge >= 0.3 is 5.97 Å². The highest BCUT2D eigenvalue weighted by atomic mass is 16.5. The Kier molecular flexibility index (Phi) is 4.05. The second-order valence-corrected chi connectivity index (χ2v) is 5.49. The third-order valence-corrected chi connectivity index (χ3v) is 4.26. The van der Waals surface area contributed by atoms with Crippen molar-refractivity contribution in [2.24, 2.45) is 5.73 Å². The molecule has 1 heterocycles. The largest absolute Gasteiger partial charge is 0.468 e. The predicted octanol–water partition coefficient (Wildman–Crippen LogP) is 1.29. The first kappa shape index (κ1) is 12.8. The summed E-state index contributed by atoms with van der Waals surface area (Å²) in [6.07, 6.45) is 7.65. The van der Waals surface area contributed by atoms with Crippen molar-refractivity contribution in [3.8, 4) is 0 Å². The van der Waals surface area contributed by atoms with E-state index in [0.29, 0.717) is 6.04 Å². The SMILES string of the molecule is COC(=O)C1(N)CCCC(N2CCCCC2)C1. The van der Waals surface area contributed by atoms with Gasteiger partial charge in [-0.25, -0.2) is 0 Å². The van der Waals surface area contributed by atoms with Crippen molar-refractivity contribution in [1.29, 1.82) is 0 Å². The summed E-state index contributed by atoms with van der Waals surface area (Å²) in [5.41, 5.74) is 5.47. The molecule has 98 valence electrons. The molecule has 17 heavy (non-hydrogen) atoms. The number of carbonyl (C=O) groups is 1. The lowest BCUT2D eigenvalue weighted by Gasteiger charge is -2.42. The summed E-state index contributed by atoms with van der Waals surface area (Å²) in [5.74, 6) is -0.237. The molecule has 0 bridgehead atoms. The number of nitrogens with zero attached hydrogens (tertiary/aromatic N) is 1. The van der Waals surface area contributed by atoms with Gasteiger partial charge in [-0.3, -0.25) is 4.79 Å². The zero-order valence-corrected chi connectivity index (χ0v) is 10.8. The van der Waals surface area contributed by atoms with Crippen LogP contribution in [0, 0.1) is 0 Å². The standard InChI is InChI=1S/C13H24N2O2/c1-17-12(16)13(14)7-5-6-11(10-13)15-8-3-2-4-9-15/h11H,2-10,14H2,1H3. The van der Waals surface area contributed by atoms with Crippen molar-refractivity contribution in [2.75, 3.05) is 20.2 Å². The predicted molar refractivity (Wildman–Crippen MR) is 66.6 cm³/mol. The van der Waals surface area contributed by atoms with Crippen LogP contribution in [0.4, 0.5) is 0 Å². The fourth-order valence-corrected chi connectivity index (χ4v) is 3.26. The van der Waals surface area contributed by atoms with Crippen LogP contribution >= 0.6 is 0 Å². The van der Waals surface area contributed by atoms with E-state index < -0.39 is 5.54 Å². The summed E-state index contributed by atoms with van der Waals surface area (Å²) in [6, 6.07) is 0.480. The number of rotatable bonds is 2. The first-order chi connectivity index (χ1) is 8.15. The Balaban J connectivity index is 1.98. The summed E-state index contributed by atoms with van der Waals surface area (Å²) in [7, 11) is 1.43. The molecule has 4 heteroatoms. The molecular weight excluding hydrogens is 216 g/mol. The quantitative estimate of drug-likeness (QED) is 0.739. The summed E-state index contributed by atoms with van der Waals surface area (Å²) in [5, 5.41) is 0. The molecule has 0 spiro atoms. The number of hydrogen-bond acceptors (Lipinski definition) is 4. The van der Waals surface area contributed by atoms with Crippen LogP contribution < -0.4 is 5.73 Å². The number of esters is 1. The van der Waals surface area contributed by atoms with E-state index in [2.05, 4.69) is 4.90 Å². The van der Waals surface area contributed by atoms with Crippen molar-refractivity contribution in [3.05, 3.63) is 0 Å². The molecule has 4 nitrogen and oxygen atoms in total. The lowest BCUT2D eigenvalue weighted by molar-refractivity contribution is -0.149. The van der Waals surface area contributed by atoms with Gasteiger partial charge in [0, 0.05) is 6.04 Å². The van der Waals surface area contributed by atoms with Crippen LogP contribution in [-0.2, 0) is 9.53 Å². The van der Waals surface area contributed by atoms with Crippen LogP contribution in [0.2, 0.25) is 0 Å². The zero-order chi connectivity index (χ0) is 12.3. The molecule has 2 N–H and O–H groups in total. The highest BCUT2D eigenvalue weighted by Gasteiger charge is 2.41. The second-order valence-electron chi connectivity index (χ2n) is 5.49. The average Bonchev–Trinajstić information content (AvgIpc) is 2.39. The summed E-state index contributed by atoms with van der Waals surface area (Å²) in [4.78, 5) is 14.3. The van der Waals surface area contributed by atoms with Crippen molar-refractivity contribution < 1.29 is 9.53 Å². The second kappa shape index (κ2) is 5.36. The van der Waals surface area contributed by atoms with Crippen molar-refractivity contribution in [3.63, 3.8) is 0 Å². The molecule has 2 aliphatic rings. The monoisotopic (exact) mass is 240 g/mol. The normalized spacial score (nSPS) is 35.5. The number of likely N-dealkylation sites (tertiary alicyclic amines) is 1. The number of ether oxygens (including phenoxy) is 1. The maximum Gasteiger partial charge on any atom is 0.325 e. The van der Waals surface area contributed by atoms with E-state index >= 15 is 0 Å². The van der Waals surface area contributed by atoms with Crippen LogP contribution in [0.3, 0.4) is 0 Å². The molecule has 0 aromatic rings. The summed E-state index contributed by atoms with van der Waals surface area (Å²) >= 11 is 0. The zero-order valence-electron chi connectivity index (χ0n) is 10.8. The Hall–Kier alpha value is -0.610. The van der Waals surface area contributed by atoms with E-state index in [0.717, 1.165) is 19.3 Å². The molecule has 0 aromatic heterocycles. The minimum absolute atomic E-state index is 0.237. The number of hydrogen-bond donors (Lipinski definition) is 1. The van der Waals surface area contributed by atoms with Crippen LogP contribution in [-0.4, -0.2) is 42.6 Å². The van der Waals surface area contributed by atoms with Gasteiger partial charge in [-0.2, -0.15) is 0 Å². The van der Waals surface area contributed by atoms with Gasteiger partial charge in [0.15, 0.2) is 0 Å². The van der Waals surface area contributed by atoms with Crippen LogP contribution in [0.1, 0.15) is 44.9 Å². The molecule has 1 saturated carbocycles. The van der Waals surface area contributed by atoms with Gasteiger partial charge < -0.3 is 15.4 Å². The molecule has 1 aliphatic carbocycles. The Morgan fingerprint density at radius 3 is 2.65 bits per heavy atom. The van der Waals surface area contributed by atoms with Gasteiger partial charge in [0.25, 0.3) is 0 Å². The molecule has 2 unspecified atom stereocenters. The van der Waals surface area contributed by atoms with Crippen molar-refractivity contribution in [2.45, 2.75) is 56.5 Å². The molecule has 0 amide bonds. The molecule has 0 aromatic carbocycles. The number of carbonyl (C=O) groups excluding carboxylic acids is 1. The lowest BCUT2D eigenvalue weighted by atomic mass is 9.78. The first-order valence-corrected chi connectivity index (χ1v) is 6.77. The van der Waals surface area contributed by atoms with E-state index in [9.17, 15) is 4.79 Å². The minimum atomic E-state index is -0.741. The van der Waals surface area contributed by atoms with Crippen LogP contribution in [0.5, 0.6) is 0 Å². The van der Waals surface area contributed by atoms with E-state index in [4.69, 9.17) is 10.5 Å². The first-order valence-electron chi connectivity index (χ1n) is 6.77. The molecule has 2 fully saturated rings. The average molecular weight is 240 g/mol. The van der Waals surface area contributed by atoms with Gasteiger partial charge in [0.1, 0.15) is 5.54 Å². The van der Waals surface area contributed by atoms with E-state index in [1.54, 1.807) is 0 Å². The van der Waals surface area contributed by atoms with Gasteiger partial charge in [-0.05, 0) is 51.6 Å². The van der Waals surface area contributed by atoms with Gasteiger partial charge in [-0.15, -0.1) is 0 Å². The highest BCUT2D eigenvalue weighted by molar-refractivity contribution is 5.80. The number of methoxy groups -OCH3 is 1. The smallest absolute Gasteiger partial charge is 0.325 e. The topological polar surface area (TPSA) is 55.6 Å². The van der Waals surface area contributed by atoms with Crippen molar-refractivity contribution in [1.82, 2.24) is 4.90 Å². The van der Waals surface area contributed by atoms with Crippen molar-refractivity contribution >= 4 is 5.97 Å². The van der Waals surface area contributed by atoms with E-state index in [1.807, 2.05) is 0 Å². The minimum Gasteiger partial charge on any atom is -0.468 e. The van der Waals surface area contributed by atoms with E-state index in [1.165, 1.54) is 45.9 Å². The fraction of sp³-hybridized carbons (Fsp3) is 0.923. The molecular formula is C13H24N2O2. The summed E-state index contributed by atoms with van der Waals surface area (Å²) in [6.45, 7) is 2.34. The Labute approximate surface area is 103 Å². The van der Waals surface area contributed by atoms with Crippen LogP contribution in [0.25, 0.3) is 0 Å². The molecule has 2 rings (SSSR count). The highest BCUT2D eigenvalue weighted by Crippen LogP contribution is 2.31. The maximum absolute atomic E-state index is 11.8. The van der Waals surface area contributed by atoms with Gasteiger partial charge in [0.05, 0.1) is 7.11 Å². The molecule has 0 radical (unpaired) electrons. The maximum atomic E-state index is 11.8. The van der Waals surface area contributed by atoms with Crippen LogP contribution in [0.15, 0.2) is 0 Å². The Morgan fingerprint density at radius 2 is 2.00 bits per heavy atom. The Bertz CT molecular complexity index is 277. The number of piperidine rings is 1. The van der Waals surface area contributed by atoms with Gasteiger partial charge in [-0.1, -0.05) is 6.42 Å². The molecule has 1 saturated heterocycles. The Morgan fingerprint density at radius 1 is 1.29 bits per heavy atom. The van der Waals surface area contributed by atoms with Gasteiger partial charge in [0.2, 0.25) is 0 Å². The summed E-state index contributed by atoms with van der Waals surface area (Å²) < 4.78 is 4.85. The molecule has 1 aliphatic heterocycles. The fourth-order valence-electron chi connectivity index (χ4n) is 3.26. The third-order valence-electron chi connectivity index (χ3n) is 4.26.